The molecule has 0 bridgehead atoms. The number of fused-ring (bicyclic) bond motifs is 1. The molecule has 2 aromatic heterocycles. The Hall–Kier alpha value is -3.72. The number of hydrogen-bond donors (Lipinski definition) is 2. The van der Waals surface area contributed by atoms with E-state index in [0.29, 0.717) is 67.0 Å². The van der Waals surface area contributed by atoms with Crippen LogP contribution in [0.15, 0.2) is 59.9 Å². The summed E-state index contributed by atoms with van der Waals surface area (Å²) < 4.78 is 29.1. The zero-order valence-corrected chi connectivity index (χ0v) is 18.3. The van der Waals surface area contributed by atoms with Crippen LogP contribution in [0.5, 0.6) is 11.5 Å². The molecule has 10 heteroatoms. The van der Waals surface area contributed by atoms with E-state index in [0.717, 1.165) is 0 Å². The van der Waals surface area contributed by atoms with E-state index >= 15 is 0 Å². The Morgan fingerprint density at radius 2 is 1.97 bits per heavy atom. The Labute approximate surface area is 193 Å². The third kappa shape index (κ3) is 4.45. The first-order valence-corrected chi connectivity index (χ1v) is 10.9. The van der Waals surface area contributed by atoms with Crippen molar-refractivity contribution in [1.82, 2.24) is 19.1 Å². The summed E-state index contributed by atoms with van der Waals surface area (Å²) >= 11 is 5.89. The van der Waals surface area contributed by atoms with Crippen LogP contribution in [0.1, 0.15) is 6.42 Å². The van der Waals surface area contributed by atoms with Crippen LogP contribution >= 0.6 is 11.6 Å². The largest absolute Gasteiger partial charge is 0.486 e. The minimum atomic E-state index is -0.557. The minimum Gasteiger partial charge on any atom is -0.486 e. The number of nitrogens with zero attached hydrogens (tertiary/aromatic N) is 3. The lowest BCUT2D eigenvalue weighted by molar-refractivity contribution is 0.171. The van der Waals surface area contributed by atoms with Crippen LogP contribution in [-0.2, 0) is 13.1 Å². The van der Waals surface area contributed by atoms with Crippen LogP contribution in [0.4, 0.5) is 15.9 Å². The Morgan fingerprint density at radius 1 is 1.12 bits per heavy atom. The molecule has 1 aliphatic heterocycles. The molecular formula is C23H21ClFN5O3. The molecule has 0 unspecified atom stereocenters. The van der Waals surface area contributed by atoms with Crippen molar-refractivity contribution in [2.45, 2.75) is 19.5 Å². The van der Waals surface area contributed by atoms with E-state index in [4.69, 9.17) is 21.1 Å². The molecule has 0 spiro atoms. The Balaban J connectivity index is 1.49. The summed E-state index contributed by atoms with van der Waals surface area (Å²) in [5.74, 6) is 1.17. The van der Waals surface area contributed by atoms with Crippen molar-refractivity contribution >= 4 is 23.1 Å². The Kier molecular flexibility index (Phi) is 5.78. The van der Waals surface area contributed by atoms with E-state index < -0.39 is 5.82 Å². The maximum Gasteiger partial charge on any atom is 0.327 e. The topological polar surface area (TPSA) is 86.1 Å². The molecule has 0 amide bonds. The van der Waals surface area contributed by atoms with Gasteiger partial charge in [-0.2, -0.15) is 0 Å². The fourth-order valence-electron chi connectivity index (χ4n) is 3.81. The van der Waals surface area contributed by atoms with Gasteiger partial charge in [-0.25, -0.2) is 14.2 Å². The first-order chi connectivity index (χ1) is 16.1. The van der Waals surface area contributed by atoms with E-state index in [-0.39, 0.29) is 10.7 Å². The number of benzene rings is 2. The summed E-state index contributed by atoms with van der Waals surface area (Å²) in [7, 11) is 0. The van der Waals surface area contributed by atoms with Gasteiger partial charge in [0.05, 0.1) is 17.0 Å². The first kappa shape index (κ1) is 21.1. The third-order valence-electron chi connectivity index (χ3n) is 5.35. The molecule has 5 rings (SSSR count). The number of aromatic nitrogens is 4. The number of ether oxygens (including phenoxy) is 2. The van der Waals surface area contributed by atoms with Crippen molar-refractivity contribution in [2.75, 3.05) is 18.5 Å². The standard InChI is InChI=1S/C23H21ClFN5O3/c24-17-4-2-15(12-18(17)25)21-22(27-16-3-5-19-20(13-16)33-11-10-32-19)28-23(31)30(21)8-1-7-29-9-6-26-14-29/h2-6,9,12-14,27H,1,7-8,10-11H2,(H,28,31). The third-order valence-corrected chi connectivity index (χ3v) is 5.65. The van der Waals surface area contributed by atoms with Crippen LogP contribution in [0.3, 0.4) is 0 Å². The van der Waals surface area contributed by atoms with Gasteiger partial charge in [0, 0.05) is 42.8 Å². The number of nitrogens with one attached hydrogen (secondary N) is 2. The molecule has 170 valence electrons. The Bertz CT molecular complexity index is 1330. The molecule has 2 aromatic carbocycles. The van der Waals surface area contributed by atoms with Crippen LogP contribution < -0.4 is 20.5 Å². The molecule has 3 heterocycles. The number of anilines is 2. The van der Waals surface area contributed by atoms with Gasteiger partial charge in [0.1, 0.15) is 24.8 Å². The van der Waals surface area contributed by atoms with Gasteiger partial charge < -0.3 is 19.4 Å². The van der Waals surface area contributed by atoms with Crippen LogP contribution in [0.2, 0.25) is 5.02 Å². The highest BCUT2D eigenvalue weighted by Crippen LogP contribution is 2.35. The average molecular weight is 470 g/mol. The maximum atomic E-state index is 14.3. The van der Waals surface area contributed by atoms with Gasteiger partial charge in [-0.1, -0.05) is 17.7 Å². The smallest absolute Gasteiger partial charge is 0.327 e. The van der Waals surface area contributed by atoms with E-state index in [1.54, 1.807) is 35.3 Å². The molecule has 2 N–H and O–H groups in total. The molecule has 8 nitrogen and oxygen atoms in total. The van der Waals surface area contributed by atoms with Gasteiger partial charge in [0.15, 0.2) is 11.5 Å². The second-order valence-electron chi connectivity index (χ2n) is 7.57. The van der Waals surface area contributed by atoms with Gasteiger partial charge in [-0.05, 0) is 30.7 Å². The van der Waals surface area contributed by atoms with Gasteiger partial charge >= 0.3 is 5.69 Å². The monoisotopic (exact) mass is 469 g/mol. The predicted molar refractivity (Wildman–Crippen MR) is 123 cm³/mol. The molecule has 0 saturated carbocycles. The quantitative estimate of drug-likeness (QED) is 0.418. The zero-order valence-electron chi connectivity index (χ0n) is 17.6. The number of rotatable bonds is 7. The Morgan fingerprint density at radius 3 is 2.76 bits per heavy atom. The number of imidazole rings is 2. The van der Waals surface area contributed by atoms with Crippen LogP contribution in [-0.4, -0.2) is 32.3 Å². The highest BCUT2D eigenvalue weighted by atomic mass is 35.5. The summed E-state index contributed by atoms with van der Waals surface area (Å²) in [5.41, 5.74) is 1.46. The fraction of sp³-hybridized carbons (Fsp3) is 0.217. The molecular weight excluding hydrogens is 449 g/mol. The number of hydrogen-bond acceptors (Lipinski definition) is 5. The molecule has 0 fully saturated rings. The molecule has 0 atom stereocenters. The van der Waals surface area contributed by atoms with Gasteiger partial charge in [0.25, 0.3) is 0 Å². The van der Waals surface area contributed by atoms with Crippen molar-refractivity contribution in [3.8, 4) is 22.8 Å². The van der Waals surface area contributed by atoms with Crippen LogP contribution in [0, 0.1) is 5.82 Å². The highest BCUT2D eigenvalue weighted by molar-refractivity contribution is 6.30. The first-order valence-electron chi connectivity index (χ1n) is 10.5. The van der Waals surface area contributed by atoms with Crippen molar-refractivity contribution in [1.29, 1.82) is 0 Å². The van der Waals surface area contributed by atoms with E-state index in [1.165, 1.54) is 12.1 Å². The number of H-pyrrole nitrogens is 1. The van der Waals surface area contributed by atoms with Gasteiger partial charge in [0.2, 0.25) is 0 Å². The molecule has 0 aliphatic carbocycles. The predicted octanol–water partition coefficient (Wildman–Crippen LogP) is 4.44. The summed E-state index contributed by atoms with van der Waals surface area (Å²) in [4.78, 5) is 19.8. The number of aryl methyl sites for hydroxylation is 1. The van der Waals surface area contributed by atoms with Crippen molar-refractivity contribution < 1.29 is 13.9 Å². The van der Waals surface area contributed by atoms with E-state index in [2.05, 4.69) is 15.3 Å². The second-order valence-corrected chi connectivity index (χ2v) is 7.98. The summed E-state index contributed by atoms with van der Waals surface area (Å²) in [6.45, 7) is 2.09. The highest BCUT2D eigenvalue weighted by Gasteiger charge is 2.19. The maximum absolute atomic E-state index is 14.3. The summed E-state index contributed by atoms with van der Waals surface area (Å²) in [6, 6.07) is 9.93. The number of halogens is 2. The minimum absolute atomic E-state index is 0.0182. The second kappa shape index (κ2) is 9.03. The molecule has 33 heavy (non-hydrogen) atoms. The number of aromatic amines is 1. The van der Waals surface area contributed by atoms with E-state index in [9.17, 15) is 9.18 Å². The molecule has 0 saturated heterocycles. The van der Waals surface area contributed by atoms with Crippen molar-refractivity contribution in [2.24, 2.45) is 0 Å². The molecule has 0 radical (unpaired) electrons. The SMILES string of the molecule is O=c1[nH]c(Nc2ccc3c(c2)OCCO3)c(-c2ccc(Cl)c(F)c2)n1CCCn1ccnc1. The lowest BCUT2D eigenvalue weighted by Gasteiger charge is -2.19. The van der Waals surface area contributed by atoms with E-state index in [1.807, 2.05) is 16.8 Å². The van der Waals surface area contributed by atoms with Crippen molar-refractivity contribution in [3.05, 3.63) is 76.4 Å². The van der Waals surface area contributed by atoms with Gasteiger partial charge in [-0.3, -0.25) is 9.55 Å². The summed E-state index contributed by atoms with van der Waals surface area (Å²) in [5, 5.41) is 3.26. The average Bonchev–Trinajstić information content (AvgIpc) is 3.44. The molecule has 1 aliphatic rings. The zero-order chi connectivity index (χ0) is 22.8. The van der Waals surface area contributed by atoms with Crippen LogP contribution in [0.25, 0.3) is 11.3 Å². The lowest BCUT2D eigenvalue weighted by atomic mass is 10.1. The lowest BCUT2D eigenvalue weighted by Crippen LogP contribution is -2.18. The van der Waals surface area contributed by atoms with Gasteiger partial charge in [-0.15, -0.1) is 0 Å². The summed E-state index contributed by atoms with van der Waals surface area (Å²) in [6.07, 6.45) is 5.98. The fourth-order valence-corrected chi connectivity index (χ4v) is 3.93. The normalized spacial score (nSPS) is 12.7. The molecule has 4 aromatic rings. The van der Waals surface area contributed by atoms with Crippen molar-refractivity contribution in [3.63, 3.8) is 0 Å².